The van der Waals surface area contributed by atoms with Gasteiger partial charge in [0.25, 0.3) is 0 Å². The molecule has 8 aliphatic rings. The molecule has 44 heteroatoms. The Morgan fingerprint density at radius 3 is 1.16 bits per heavy atom. The highest BCUT2D eigenvalue weighted by molar-refractivity contribution is 5.74. The van der Waals surface area contributed by atoms with Crippen LogP contribution in [0.4, 0.5) is 0 Å². The van der Waals surface area contributed by atoms with Gasteiger partial charge < -0.3 is 200 Å². The summed E-state index contributed by atoms with van der Waals surface area (Å²) in [5.74, 6) is -3.34. The molecule has 0 aromatic rings. The molecular formula is C56H94N4O40. The highest BCUT2D eigenvalue weighted by Gasteiger charge is 2.59. The highest BCUT2D eigenvalue weighted by atomic mass is 16.8. The molecule has 8 aliphatic heterocycles. The Hall–Kier alpha value is -3.56. The fraction of sp³-hybridized carbons (Fsp3) is 0.929. The molecule has 8 rings (SSSR count). The molecule has 0 saturated carbocycles. The molecule has 0 bridgehead atoms. The molecular weight excluding hydrogens is 1370 g/mol. The average molecular weight is 1460 g/mol. The summed E-state index contributed by atoms with van der Waals surface area (Å²) in [5, 5.41) is 241. The number of hydrogen-bond donors (Lipinski definition) is 25. The third-order valence-corrected chi connectivity index (χ3v) is 18.2. The quantitative estimate of drug-likeness (QED) is 0.0404. The monoisotopic (exact) mass is 1460 g/mol. The number of aliphatic hydroxyl groups excluding tert-OH is 21. The summed E-state index contributed by atoms with van der Waals surface area (Å²) in [7, 11) is 0. The van der Waals surface area contributed by atoms with Gasteiger partial charge in [-0.2, -0.15) is 0 Å². The van der Waals surface area contributed by atoms with Crippen molar-refractivity contribution in [3.05, 3.63) is 0 Å². The standard InChI is InChI=1S/C56H94N4O40/c1-13-29(69)39(79)42(82)53(89-13)87-12-24-46(37(77)25(49(85)90-24)57-14(2)65)97-52-28(60-17(5)68)38(78)45(21(9-64)94-52)98-55-44(84)47(99-54-43(83)40(80)32(72)20(8-63)93-54)34(74)23(95-55)11-88-56-48(100-51-27(59-16(4)67)36(76)31(71)19(7-62)92-51)41(81)33(73)22(96-56)10-86-50-26(58-15(3)66)35(75)30(70)18(6-61)91-50/h13,18-56,61-64,69-85H,6-12H2,1-5H3,(H,57,65)(H,58,66)(H,59,67)(H,60,68)/t13-,18+,19+,20+,21+,22+,23+,24+,25+,26+,27+,28+,29+,30+,31+,32+,33+,34+,35+,36+,37+,38+,39-,40-,41-,42-,43-,44-,45+,46+,47-,48-,49+,50+,51-,52-,53+,54+,55-,56-/m0/s1. The van der Waals surface area contributed by atoms with Crippen molar-refractivity contribution in [3.63, 3.8) is 0 Å². The van der Waals surface area contributed by atoms with Crippen molar-refractivity contribution >= 4 is 23.6 Å². The zero-order valence-electron chi connectivity index (χ0n) is 54.2. The first-order chi connectivity index (χ1) is 47.2. The Bertz CT molecular complexity index is 2620. The first-order valence-electron chi connectivity index (χ1n) is 32.0. The third kappa shape index (κ3) is 18.4. The first-order valence-corrected chi connectivity index (χ1v) is 32.0. The van der Waals surface area contributed by atoms with Crippen LogP contribution in [0.15, 0.2) is 0 Å². The van der Waals surface area contributed by atoms with E-state index < -0.39 is 315 Å². The molecule has 8 heterocycles. The predicted molar refractivity (Wildman–Crippen MR) is 309 cm³/mol. The maximum Gasteiger partial charge on any atom is 0.217 e. The minimum absolute atomic E-state index is 0.766. The average Bonchev–Trinajstić information content (AvgIpc) is 0.773. The molecule has 40 atom stereocenters. The zero-order valence-corrected chi connectivity index (χ0v) is 54.2. The fourth-order valence-electron chi connectivity index (χ4n) is 12.7. The summed E-state index contributed by atoms with van der Waals surface area (Å²) in [4.78, 5) is 50.1. The molecule has 0 aromatic carbocycles. The van der Waals surface area contributed by atoms with Crippen molar-refractivity contribution in [3.8, 4) is 0 Å². The van der Waals surface area contributed by atoms with Crippen LogP contribution >= 0.6 is 0 Å². The van der Waals surface area contributed by atoms with E-state index >= 15 is 0 Å². The van der Waals surface area contributed by atoms with E-state index in [0.717, 1.165) is 27.7 Å². The fourth-order valence-corrected chi connectivity index (χ4v) is 12.7. The second kappa shape index (κ2) is 35.7. The second-order valence-electron chi connectivity index (χ2n) is 25.4. The van der Waals surface area contributed by atoms with Crippen LogP contribution in [-0.4, -0.2) is 423 Å². The van der Waals surface area contributed by atoms with Crippen molar-refractivity contribution in [2.24, 2.45) is 0 Å². The summed E-state index contributed by atoms with van der Waals surface area (Å²) >= 11 is 0. The lowest BCUT2D eigenvalue weighted by Gasteiger charge is -2.50. The van der Waals surface area contributed by atoms with Crippen LogP contribution in [0, 0.1) is 0 Å². The van der Waals surface area contributed by atoms with Gasteiger partial charge in [0, 0.05) is 27.7 Å². The van der Waals surface area contributed by atoms with Gasteiger partial charge in [-0.3, -0.25) is 19.2 Å². The second-order valence-corrected chi connectivity index (χ2v) is 25.4. The lowest BCUT2D eigenvalue weighted by Crippen LogP contribution is -2.70. The van der Waals surface area contributed by atoms with Crippen molar-refractivity contribution in [1.82, 2.24) is 21.3 Å². The van der Waals surface area contributed by atoms with Gasteiger partial charge in [0.2, 0.25) is 23.6 Å². The molecule has 8 saturated heterocycles. The van der Waals surface area contributed by atoms with Gasteiger partial charge in [-0.1, -0.05) is 0 Å². The van der Waals surface area contributed by atoms with Gasteiger partial charge in [-0.25, -0.2) is 0 Å². The van der Waals surface area contributed by atoms with E-state index in [9.17, 15) is 126 Å². The van der Waals surface area contributed by atoms with E-state index in [1.54, 1.807) is 0 Å². The van der Waals surface area contributed by atoms with Crippen molar-refractivity contribution < 1.29 is 197 Å². The van der Waals surface area contributed by atoms with Crippen LogP contribution in [0.3, 0.4) is 0 Å². The summed E-state index contributed by atoms with van der Waals surface area (Å²) in [5.41, 5.74) is 0. The van der Waals surface area contributed by atoms with Gasteiger partial charge in [-0.05, 0) is 6.92 Å². The maximum absolute atomic E-state index is 13.0. The summed E-state index contributed by atoms with van der Waals surface area (Å²) in [6.07, 6.45) is -70.7. The van der Waals surface area contributed by atoms with E-state index in [1.807, 2.05) is 0 Å². The number of carbonyl (C=O) groups is 4. The number of hydrogen-bond acceptors (Lipinski definition) is 40. The minimum Gasteiger partial charge on any atom is -0.394 e. The lowest BCUT2D eigenvalue weighted by atomic mass is 9.93. The SMILES string of the molecule is CC(=O)N[C@@H]1[C@@H](O)[C@H](O[C@@H]2O[C@H](CO)[C@@H](O[C@@H]3O[C@H](CO[C@H]4O[C@H](CO[C@@H]5O[C@H](CO)[C@@H](O)[C@H](O)[C@H]5NC(C)=O)[C@@H](O)[C@H](O)[C@@H]4O[C@@H]4O[C@H](CO)[C@@H](O)[C@H](O)[C@H]4NC(C)=O)[C@@H](O)[C@H](O[C@H]4O[C@H](CO)[C@@H](O)[C@H](O)[C@@H]4O)[C@@H]3O)[C@H](O)[C@H]2NC(C)=O)[C@@H](CO[C@@H]2O[C@@H](C)[C@@H](O)[C@H](O)[C@@H]2O)O[C@H]1O. The number of ether oxygens (including phenoxy) is 15. The van der Waals surface area contributed by atoms with E-state index in [0.29, 0.717) is 0 Å². The van der Waals surface area contributed by atoms with Crippen molar-refractivity contribution in [2.45, 2.75) is 280 Å². The molecule has 8 fully saturated rings. The van der Waals surface area contributed by atoms with E-state index in [1.165, 1.54) is 6.92 Å². The van der Waals surface area contributed by atoms with Gasteiger partial charge in [0.1, 0.15) is 189 Å². The van der Waals surface area contributed by atoms with E-state index in [2.05, 4.69) is 21.3 Å². The Morgan fingerprint density at radius 1 is 0.280 bits per heavy atom. The number of rotatable bonds is 25. The van der Waals surface area contributed by atoms with Gasteiger partial charge in [-0.15, -0.1) is 0 Å². The molecule has 0 aromatic heterocycles. The number of nitrogens with one attached hydrogen (secondary N) is 4. The molecule has 44 nitrogen and oxygen atoms in total. The lowest BCUT2D eigenvalue weighted by molar-refractivity contribution is -0.388. The number of aliphatic hydroxyl groups is 21. The summed E-state index contributed by atoms with van der Waals surface area (Å²) in [6.45, 7) is -1.57. The van der Waals surface area contributed by atoms with Crippen LogP contribution in [0.2, 0.25) is 0 Å². The molecule has 4 amide bonds. The zero-order chi connectivity index (χ0) is 73.8. The van der Waals surface area contributed by atoms with E-state index in [4.69, 9.17) is 71.1 Å². The topological polar surface area (TPSA) is 680 Å². The van der Waals surface area contributed by atoms with Crippen molar-refractivity contribution in [2.75, 3.05) is 46.2 Å². The highest BCUT2D eigenvalue weighted by Crippen LogP contribution is 2.38. The third-order valence-electron chi connectivity index (χ3n) is 18.2. The van der Waals surface area contributed by atoms with Crippen LogP contribution in [0.5, 0.6) is 0 Å². The minimum atomic E-state index is -2.42. The van der Waals surface area contributed by atoms with Crippen molar-refractivity contribution in [1.29, 1.82) is 0 Å². The Labute approximate surface area is 567 Å². The van der Waals surface area contributed by atoms with Gasteiger partial charge in [0.05, 0.1) is 52.4 Å². The van der Waals surface area contributed by atoms with Crippen LogP contribution < -0.4 is 21.3 Å². The Kier molecular flexibility index (Phi) is 29.3. The van der Waals surface area contributed by atoms with Crippen LogP contribution in [-0.2, 0) is 90.2 Å². The first kappa shape index (κ1) is 82.1. The van der Waals surface area contributed by atoms with Gasteiger partial charge in [0.15, 0.2) is 50.3 Å². The van der Waals surface area contributed by atoms with Crippen LogP contribution in [0.25, 0.3) is 0 Å². The number of amides is 4. The molecule has 25 N–H and O–H groups in total. The molecule has 0 spiro atoms. The summed E-state index contributed by atoms with van der Waals surface area (Å²) < 4.78 is 88.3. The van der Waals surface area contributed by atoms with E-state index in [-0.39, 0.29) is 0 Å². The Balaban J connectivity index is 1.11. The van der Waals surface area contributed by atoms with Gasteiger partial charge >= 0.3 is 0 Å². The molecule has 100 heavy (non-hydrogen) atoms. The summed E-state index contributed by atoms with van der Waals surface area (Å²) in [6, 6.07) is -6.93. The molecule has 578 valence electrons. The normalized spacial score (nSPS) is 48.7. The Morgan fingerprint density at radius 2 is 0.620 bits per heavy atom. The molecule has 0 radical (unpaired) electrons. The number of carbonyl (C=O) groups excluding carboxylic acids is 4. The maximum atomic E-state index is 13.0. The predicted octanol–water partition coefficient (Wildman–Crippen LogP) is -16.8. The largest absolute Gasteiger partial charge is 0.394 e. The molecule has 0 aliphatic carbocycles. The van der Waals surface area contributed by atoms with Crippen LogP contribution in [0.1, 0.15) is 34.6 Å². The molecule has 0 unspecified atom stereocenters. The smallest absolute Gasteiger partial charge is 0.217 e.